The van der Waals surface area contributed by atoms with E-state index in [-0.39, 0.29) is 11.1 Å². The average molecular weight is 559 g/mol. The first-order valence-corrected chi connectivity index (χ1v) is 12.3. The molecule has 0 aromatic heterocycles. The van der Waals surface area contributed by atoms with E-state index in [9.17, 15) is 35.1 Å². The molecule has 4 rings (SSSR count). The summed E-state index contributed by atoms with van der Waals surface area (Å²) in [7, 11) is 0. The summed E-state index contributed by atoms with van der Waals surface area (Å²) in [6.07, 6.45) is -1.76. The third-order valence-electron chi connectivity index (χ3n) is 6.35. The number of hydrogen-bond donors (Lipinski definition) is 0. The zero-order chi connectivity index (χ0) is 29.0. The molecular formula is C32H22F8. The highest BCUT2D eigenvalue weighted by Crippen LogP contribution is 2.34. The lowest BCUT2D eigenvalue weighted by atomic mass is 9.96. The van der Waals surface area contributed by atoms with Gasteiger partial charge in [0.05, 0.1) is 11.1 Å². The fraction of sp³-hybridized carbons (Fsp3) is 0.188. The fourth-order valence-electron chi connectivity index (χ4n) is 4.34. The summed E-state index contributed by atoms with van der Waals surface area (Å²) in [6.45, 7) is 2.02. The second-order valence-electron chi connectivity index (χ2n) is 9.38. The zero-order valence-corrected chi connectivity index (χ0v) is 21.2. The molecule has 0 nitrogen and oxygen atoms in total. The fourth-order valence-corrected chi connectivity index (χ4v) is 4.34. The Morgan fingerprint density at radius 2 is 1.12 bits per heavy atom. The second-order valence-corrected chi connectivity index (χ2v) is 9.38. The number of aryl methyl sites for hydroxylation is 3. The summed E-state index contributed by atoms with van der Waals surface area (Å²) < 4.78 is 110. The van der Waals surface area contributed by atoms with Gasteiger partial charge in [0.15, 0.2) is 0 Å². The smallest absolute Gasteiger partial charge is 0.206 e. The highest BCUT2D eigenvalue weighted by molar-refractivity contribution is 5.73. The van der Waals surface area contributed by atoms with Gasteiger partial charge in [-0.2, -0.15) is 13.2 Å². The van der Waals surface area contributed by atoms with Gasteiger partial charge in [-0.15, -0.1) is 0 Å². The van der Waals surface area contributed by atoms with E-state index >= 15 is 0 Å². The molecule has 0 atom stereocenters. The van der Waals surface area contributed by atoms with Crippen LogP contribution < -0.4 is 0 Å². The molecule has 206 valence electrons. The number of alkyl halides is 3. The molecule has 0 heterocycles. The van der Waals surface area contributed by atoms with Gasteiger partial charge in [0, 0.05) is 11.5 Å². The van der Waals surface area contributed by atoms with Crippen molar-refractivity contribution in [3.63, 3.8) is 0 Å². The molecule has 4 aromatic rings. The summed E-state index contributed by atoms with van der Waals surface area (Å²) in [5, 5.41) is 0. The molecule has 0 aliphatic rings. The van der Waals surface area contributed by atoms with Gasteiger partial charge in [-0.05, 0) is 85.2 Å². The molecule has 0 saturated heterocycles. The number of rotatable bonds is 7. The van der Waals surface area contributed by atoms with Crippen molar-refractivity contribution in [3.8, 4) is 34.1 Å². The van der Waals surface area contributed by atoms with Crippen LogP contribution in [0.5, 0.6) is 0 Å². The Morgan fingerprint density at radius 1 is 0.600 bits per heavy atom. The van der Waals surface area contributed by atoms with Crippen LogP contribution in [0.2, 0.25) is 0 Å². The van der Waals surface area contributed by atoms with E-state index in [1.165, 1.54) is 29.2 Å². The quantitative estimate of drug-likeness (QED) is 0.120. The minimum Gasteiger partial charge on any atom is -0.206 e. The van der Waals surface area contributed by atoms with E-state index in [0.717, 1.165) is 42.9 Å². The maximum absolute atomic E-state index is 14.9. The van der Waals surface area contributed by atoms with Crippen LogP contribution >= 0.6 is 0 Å². The Hall–Kier alpha value is -4.12. The van der Waals surface area contributed by atoms with Crippen molar-refractivity contribution in [3.05, 3.63) is 118 Å². The lowest BCUT2D eigenvalue weighted by molar-refractivity contribution is -0.0696. The van der Waals surface area contributed by atoms with Gasteiger partial charge in [0.2, 0.25) is 0 Å². The molecule has 0 N–H and O–H groups in total. The monoisotopic (exact) mass is 558 g/mol. The summed E-state index contributed by atoms with van der Waals surface area (Å²) in [5.41, 5.74) is 0.343. The third kappa shape index (κ3) is 7.09. The van der Waals surface area contributed by atoms with E-state index in [4.69, 9.17) is 0 Å². The van der Waals surface area contributed by atoms with Crippen molar-refractivity contribution in [1.82, 2.24) is 0 Å². The molecule has 0 bridgehead atoms. The lowest BCUT2D eigenvalue weighted by Crippen LogP contribution is -2.03. The molecule has 0 radical (unpaired) electrons. The Balaban J connectivity index is 1.51. The van der Waals surface area contributed by atoms with Gasteiger partial charge in [-0.1, -0.05) is 47.9 Å². The largest absolute Gasteiger partial charge is 0.458 e. The van der Waals surface area contributed by atoms with Gasteiger partial charge < -0.3 is 0 Å². The Kier molecular flexibility index (Phi) is 8.63. The normalized spacial score (nSPS) is 11.3. The van der Waals surface area contributed by atoms with E-state index < -0.39 is 52.0 Å². The summed E-state index contributed by atoms with van der Waals surface area (Å²) in [6, 6.07) is 15.2. The maximum Gasteiger partial charge on any atom is 0.458 e. The van der Waals surface area contributed by atoms with Crippen LogP contribution in [0.1, 0.15) is 35.1 Å². The predicted molar refractivity (Wildman–Crippen MR) is 138 cm³/mol. The minimum absolute atomic E-state index is 0.0668. The van der Waals surface area contributed by atoms with Gasteiger partial charge in [-0.3, -0.25) is 0 Å². The van der Waals surface area contributed by atoms with E-state index in [1.807, 2.05) is 19.1 Å². The summed E-state index contributed by atoms with van der Waals surface area (Å²) >= 11 is 0. The SMILES string of the molecule is Cc1ccc(CCCCc2ccc(-c3cc(F)c(-c4cc(F)c(C#CC(F)(F)F)c(F)c4)c(F)c3)c(F)c2)cc1. The van der Waals surface area contributed by atoms with Gasteiger partial charge >= 0.3 is 6.18 Å². The van der Waals surface area contributed by atoms with E-state index in [0.29, 0.717) is 18.6 Å². The zero-order valence-electron chi connectivity index (χ0n) is 21.2. The molecule has 8 heteroatoms. The highest BCUT2D eigenvalue weighted by atomic mass is 19.4. The molecule has 4 aromatic carbocycles. The van der Waals surface area contributed by atoms with Crippen molar-refractivity contribution in [1.29, 1.82) is 0 Å². The summed E-state index contributed by atoms with van der Waals surface area (Å²) in [4.78, 5) is 0. The van der Waals surface area contributed by atoms with Crippen LogP contribution in [0, 0.1) is 47.9 Å². The van der Waals surface area contributed by atoms with Crippen LogP contribution in [0.25, 0.3) is 22.3 Å². The molecule has 40 heavy (non-hydrogen) atoms. The Bertz CT molecular complexity index is 1540. The number of hydrogen-bond acceptors (Lipinski definition) is 0. The van der Waals surface area contributed by atoms with Gasteiger partial charge in [0.25, 0.3) is 0 Å². The van der Waals surface area contributed by atoms with Crippen molar-refractivity contribution < 1.29 is 35.1 Å². The van der Waals surface area contributed by atoms with Crippen molar-refractivity contribution in [2.24, 2.45) is 0 Å². The first kappa shape index (κ1) is 28.9. The molecule has 0 fully saturated rings. The predicted octanol–water partition coefficient (Wildman–Crippen LogP) is 9.50. The van der Waals surface area contributed by atoms with Gasteiger partial charge in [-0.25, -0.2) is 22.0 Å². The van der Waals surface area contributed by atoms with E-state index in [1.54, 1.807) is 6.07 Å². The topological polar surface area (TPSA) is 0 Å². The third-order valence-corrected chi connectivity index (χ3v) is 6.35. The van der Waals surface area contributed by atoms with E-state index in [2.05, 4.69) is 12.1 Å². The Morgan fingerprint density at radius 3 is 1.68 bits per heavy atom. The van der Waals surface area contributed by atoms with Crippen LogP contribution in [0.15, 0.2) is 66.7 Å². The number of unbranched alkanes of at least 4 members (excludes halogenated alkanes) is 1. The molecule has 0 unspecified atom stereocenters. The highest BCUT2D eigenvalue weighted by Gasteiger charge is 2.24. The summed E-state index contributed by atoms with van der Waals surface area (Å²) in [5.74, 6) is -4.11. The van der Waals surface area contributed by atoms with Crippen LogP contribution in [-0.4, -0.2) is 6.18 Å². The standard InChI is InChI=1S/C32H22F8/c1-19-6-8-20(9-7-19)4-2-3-5-21-10-11-24(26(33)14-21)22-15-29(36)31(30(37)16-22)23-17-27(34)25(28(35)18-23)12-13-32(38,39)40/h6-11,14-18H,2-5H2,1H3. The second kappa shape index (κ2) is 12.0. The van der Waals surface area contributed by atoms with Crippen LogP contribution in [0.3, 0.4) is 0 Å². The maximum atomic E-state index is 14.9. The molecule has 0 saturated carbocycles. The van der Waals surface area contributed by atoms with Crippen LogP contribution in [-0.2, 0) is 12.8 Å². The Labute approximate surface area is 226 Å². The molecule has 0 aliphatic heterocycles. The van der Waals surface area contributed by atoms with Crippen molar-refractivity contribution >= 4 is 0 Å². The number of benzene rings is 4. The molecule has 0 amide bonds. The average Bonchev–Trinajstić information content (AvgIpc) is 2.86. The number of halogens is 8. The van der Waals surface area contributed by atoms with Crippen molar-refractivity contribution in [2.75, 3.05) is 0 Å². The van der Waals surface area contributed by atoms with Gasteiger partial charge in [0.1, 0.15) is 29.1 Å². The van der Waals surface area contributed by atoms with Crippen molar-refractivity contribution in [2.45, 2.75) is 38.8 Å². The minimum atomic E-state index is -4.99. The first-order chi connectivity index (χ1) is 18.9. The molecule has 0 aliphatic carbocycles. The molecule has 0 spiro atoms. The van der Waals surface area contributed by atoms with Crippen LogP contribution in [0.4, 0.5) is 35.1 Å². The molecular weight excluding hydrogens is 536 g/mol. The lowest BCUT2D eigenvalue weighted by Gasteiger charge is -2.11. The first-order valence-electron chi connectivity index (χ1n) is 12.3.